The normalized spacial score (nSPS) is 10.3. The molecule has 14 heavy (non-hydrogen) atoms. The van der Waals surface area contributed by atoms with Gasteiger partial charge < -0.3 is 9.90 Å². The van der Waals surface area contributed by atoms with Crippen molar-refractivity contribution < 1.29 is 14.5 Å². The van der Waals surface area contributed by atoms with Crippen LogP contribution in [0.15, 0.2) is 42.7 Å². The van der Waals surface area contributed by atoms with Gasteiger partial charge in [0.25, 0.3) is 0 Å². The Bertz CT molecular complexity index is 479. The highest BCUT2D eigenvalue weighted by molar-refractivity contribution is 5.80. The summed E-state index contributed by atoms with van der Waals surface area (Å²) >= 11 is 0. The predicted molar refractivity (Wildman–Crippen MR) is 49.2 cm³/mol. The first kappa shape index (κ1) is 8.69. The summed E-state index contributed by atoms with van der Waals surface area (Å²) in [6, 6.07) is 9.69. The van der Waals surface area contributed by atoms with Crippen molar-refractivity contribution in [3.63, 3.8) is 0 Å². The highest BCUT2D eigenvalue weighted by Gasteiger charge is 2.01. The molecule has 3 nitrogen and oxygen atoms in total. The van der Waals surface area contributed by atoms with E-state index >= 15 is 0 Å². The largest absolute Gasteiger partial charge is 0.544 e. The SMILES string of the molecule is O=C([O-])C[n+]1ccc2ccccc2c1. The van der Waals surface area contributed by atoms with E-state index in [0.29, 0.717) is 0 Å². The van der Waals surface area contributed by atoms with Crippen LogP contribution in [-0.4, -0.2) is 5.97 Å². The number of pyridine rings is 1. The number of carbonyl (C=O) groups excluding carboxylic acids is 1. The summed E-state index contributed by atoms with van der Waals surface area (Å²) in [6.45, 7) is -0.106. The fourth-order valence-electron chi connectivity index (χ4n) is 1.43. The van der Waals surface area contributed by atoms with Gasteiger partial charge in [0.05, 0.1) is 0 Å². The van der Waals surface area contributed by atoms with Gasteiger partial charge in [-0.05, 0) is 11.5 Å². The number of benzene rings is 1. The van der Waals surface area contributed by atoms with Gasteiger partial charge in [0, 0.05) is 11.5 Å². The van der Waals surface area contributed by atoms with E-state index in [1.165, 1.54) is 0 Å². The second kappa shape index (κ2) is 3.46. The predicted octanol–water partition coefficient (Wildman–Crippen LogP) is -0.123. The van der Waals surface area contributed by atoms with E-state index in [4.69, 9.17) is 0 Å². The lowest BCUT2D eigenvalue weighted by molar-refractivity contribution is -0.689. The number of hydrogen-bond acceptors (Lipinski definition) is 2. The molecule has 1 aromatic heterocycles. The van der Waals surface area contributed by atoms with Crippen LogP contribution in [0.4, 0.5) is 0 Å². The maximum Gasteiger partial charge on any atom is 0.187 e. The molecule has 2 rings (SSSR count). The summed E-state index contributed by atoms with van der Waals surface area (Å²) in [5, 5.41) is 12.5. The quantitative estimate of drug-likeness (QED) is 0.615. The highest BCUT2D eigenvalue weighted by atomic mass is 16.4. The standard InChI is InChI=1S/C11H9NO2/c13-11(14)8-12-6-5-9-3-1-2-4-10(9)7-12/h1-7H,8H2. The Labute approximate surface area is 81.2 Å². The minimum Gasteiger partial charge on any atom is -0.544 e. The second-order valence-electron chi connectivity index (χ2n) is 3.12. The van der Waals surface area contributed by atoms with Crippen molar-refractivity contribution >= 4 is 16.7 Å². The molecule has 0 bridgehead atoms. The lowest BCUT2D eigenvalue weighted by Gasteiger charge is -1.99. The summed E-state index contributed by atoms with van der Waals surface area (Å²) in [7, 11) is 0. The molecule has 0 atom stereocenters. The first-order valence-electron chi connectivity index (χ1n) is 4.33. The minimum absolute atomic E-state index is 0.106. The first-order valence-corrected chi connectivity index (χ1v) is 4.33. The second-order valence-corrected chi connectivity index (χ2v) is 3.12. The van der Waals surface area contributed by atoms with Crippen LogP contribution in [0.25, 0.3) is 10.8 Å². The molecule has 0 aliphatic heterocycles. The molecule has 0 saturated heterocycles. The Morgan fingerprint density at radius 3 is 2.64 bits per heavy atom. The van der Waals surface area contributed by atoms with Gasteiger partial charge in [0.1, 0.15) is 5.97 Å². The number of fused-ring (bicyclic) bond motifs is 1. The zero-order valence-corrected chi connectivity index (χ0v) is 7.51. The third-order valence-corrected chi connectivity index (χ3v) is 2.06. The number of rotatable bonds is 2. The van der Waals surface area contributed by atoms with Gasteiger partial charge in [-0.25, -0.2) is 0 Å². The van der Waals surface area contributed by atoms with E-state index in [2.05, 4.69) is 0 Å². The third kappa shape index (κ3) is 1.71. The summed E-state index contributed by atoms with van der Waals surface area (Å²) in [5.41, 5.74) is 0. The van der Waals surface area contributed by atoms with Gasteiger partial charge in [-0.3, -0.25) is 0 Å². The molecule has 1 heterocycles. The van der Waals surface area contributed by atoms with Gasteiger partial charge in [-0.2, -0.15) is 4.57 Å². The molecule has 1 aromatic carbocycles. The maximum absolute atomic E-state index is 10.4. The molecule has 0 saturated carbocycles. The van der Waals surface area contributed by atoms with Gasteiger partial charge in [0.2, 0.25) is 0 Å². The number of carbonyl (C=O) groups is 1. The Morgan fingerprint density at radius 1 is 1.21 bits per heavy atom. The Hall–Kier alpha value is -1.90. The number of hydrogen-bond donors (Lipinski definition) is 0. The summed E-state index contributed by atoms with van der Waals surface area (Å²) < 4.78 is 1.59. The molecular formula is C11H9NO2. The summed E-state index contributed by atoms with van der Waals surface area (Å²) in [5.74, 6) is -1.08. The molecule has 0 aliphatic rings. The van der Waals surface area contributed by atoms with Crippen molar-refractivity contribution in [2.75, 3.05) is 0 Å². The smallest absolute Gasteiger partial charge is 0.187 e. The molecule has 0 unspecified atom stereocenters. The van der Waals surface area contributed by atoms with Gasteiger partial charge in [-0.1, -0.05) is 18.2 Å². The van der Waals surface area contributed by atoms with Crippen LogP contribution in [0.5, 0.6) is 0 Å². The van der Waals surface area contributed by atoms with Crippen molar-refractivity contribution in [1.29, 1.82) is 0 Å². The van der Waals surface area contributed by atoms with Gasteiger partial charge in [0.15, 0.2) is 18.9 Å². The molecule has 3 heteroatoms. The molecule has 0 amide bonds. The molecule has 2 aromatic rings. The summed E-state index contributed by atoms with van der Waals surface area (Å²) in [6.07, 6.45) is 3.53. The monoisotopic (exact) mass is 187 g/mol. The molecule has 0 fully saturated rings. The Balaban J connectivity index is 2.46. The number of nitrogens with zero attached hydrogens (tertiary/aromatic N) is 1. The van der Waals surface area contributed by atoms with E-state index < -0.39 is 5.97 Å². The first-order chi connectivity index (χ1) is 6.75. The average Bonchev–Trinajstić information content (AvgIpc) is 2.17. The molecule has 0 aliphatic carbocycles. The van der Waals surface area contributed by atoms with Crippen molar-refractivity contribution in [2.24, 2.45) is 0 Å². The minimum atomic E-state index is -1.08. The van der Waals surface area contributed by atoms with E-state index in [-0.39, 0.29) is 6.54 Å². The molecule has 0 radical (unpaired) electrons. The summed E-state index contributed by atoms with van der Waals surface area (Å²) in [4.78, 5) is 10.4. The molecule has 0 spiro atoms. The lowest BCUT2D eigenvalue weighted by Crippen LogP contribution is -2.43. The third-order valence-electron chi connectivity index (χ3n) is 2.06. The highest BCUT2D eigenvalue weighted by Crippen LogP contribution is 2.09. The zero-order chi connectivity index (χ0) is 9.97. The fourth-order valence-corrected chi connectivity index (χ4v) is 1.43. The van der Waals surface area contributed by atoms with Crippen LogP contribution in [0.1, 0.15) is 0 Å². The lowest BCUT2D eigenvalue weighted by atomic mass is 10.2. The van der Waals surface area contributed by atoms with Crippen LogP contribution < -0.4 is 9.67 Å². The average molecular weight is 187 g/mol. The van der Waals surface area contributed by atoms with Crippen LogP contribution in [0, 0.1) is 0 Å². The molecular weight excluding hydrogens is 178 g/mol. The van der Waals surface area contributed by atoms with Crippen LogP contribution in [0.2, 0.25) is 0 Å². The molecule has 0 N–H and O–H groups in total. The number of carboxylic acids is 1. The van der Waals surface area contributed by atoms with E-state index in [1.807, 2.05) is 30.3 Å². The topological polar surface area (TPSA) is 44.0 Å². The zero-order valence-electron chi connectivity index (χ0n) is 7.51. The van der Waals surface area contributed by atoms with E-state index in [9.17, 15) is 9.90 Å². The van der Waals surface area contributed by atoms with Crippen LogP contribution in [-0.2, 0) is 11.3 Å². The van der Waals surface area contributed by atoms with Gasteiger partial charge >= 0.3 is 0 Å². The Morgan fingerprint density at radius 2 is 1.93 bits per heavy atom. The van der Waals surface area contributed by atoms with Crippen molar-refractivity contribution in [2.45, 2.75) is 6.54 Å². The maximum atomic E-state index is 10.4. The van der Waals surface area contributed by atoms with E-state index in [1.54, 1.807) is 17.0 Å². The van der Waals surface area contributed by atoms with Crippen LogP contribution in [0.3, 0.4) is 0 Å². The van der Waals surface area contributed by atoms with Crippen molar-refractivity contribution in [1.82, 2.24) is 0 Å². The van der Waals surface area contributed by atoms with Crippen molar-refractivity contribution in [3.05, 3.63) is 42.7 Å². The fraction of sp³-hybridized carbons (Fsp3) is 0.0909. The van der Waals surface area contributed by atoms with Gasteiger partial charge in [-0.15, -0.1) is 0 Å². The number of carboxylic acid groups (broad SMARTS) is 1. The number of aliphatic carboxylic acids is 1. The molecule has 70 valence electrons. The number of aromatic nitrogens is 1. The van der Waals surface area contributed by atoms with E-state index in [0.717, 1.165) is 10.8 Å². The van der Waals surface area contributed by atoms with Crippen molar-refractivity contribution in [3.8, 4) is 0 Å². The Kier molecular flexibility index (Phi) is 2.14. The van der Waals surface area contributed by atoms with Crippen LogP contribution >= 0.6 is 0 Å².